The van der Waals surface area contributed by atoms with Gasteiger partial charge >= 0.3 is 6.03 Å². The molecule has 1 saturated heterocycles. The molecule has 0 saturated carbocycles. The number of carbonyl (C=O) groups is 3. The van der Waals surface area contributed by atoms with Crippen molar-refractivity contribution in [2.24, 2.45) is 5.92 Å². The van der Waals surface area contributed by atoms with Gasteiger partial charge in [0.1, 0.15) is 11.4 Å². The highest BCUT2D eigenvalue weighted by atomic mass is 19.1. The van der Waals surface area contributed by atoms with E-state index in [0.717, 1.165) is 24.2 Å². The Bertz CT molecular complexity index is 761. The van der Waals surface area contributed by atoms with Gasteiger partial charge < -0.3 is 4.90 Å². The molecule has 25 heavy (non-hydrogen) atoms. The molecule has 6 heteroatoms. The summed E-state index contributed by atoms with van der Waals surface area (Å²) in [6, 6.07) is 5.07. The van der Waals surface area contributed by atoms with Gasteiger partial charge in [0.2, 0.25) is 0 Å². The van der Waals surface area contributed by atoms with Gasteiger partial charge in [0.15, 0.2) is 5.78 Å². The highest BCUT2D eigenvalue weighted by molar-refractivity contribution is 6.11. The highest BCUT2D eigenvalue weighted by Gasteiger charge is 2.56. The van der Waals surface area contributed by atoms with Crippen LogP contribution >= 0.6 is 0 Å². The highest BCUT2D eigenvalue weighted by Crippen LogP contribution is 2.39. The number of Topliss-reactive ketones (excluding diaryl/α,β-unsaturated/α-hetero) is 1. The average molecular weight is 344 g/mol. The van der Waals surface area contributed by atoms with Crippen LogP contribution in [0.25, 0.3) is 0 Å². The van der Waals surface area contributed by atoms with E-state index in [0.29, 0.717) is 0 Å². The Morgan fingerprint density at radius 3 is 2.64 bits per heavy atom. The fourth-order valence-electron chi connectivity index (χ4n) is 3.69. The Kier molecular flexibility index (Phi) is 4.45. The molecule has 132 valence electrons. The maximum Gasteiger partial charge on any atom is 0.327 e. The van der Waals surface area contributed by atoms with Gasteiger partial charge in [0, 0.05) is 7.05 Å². The first-order chi connectivity index (χ1) is 11.9. The maximum atomic E-state index is 13.8. The van der Waals surface area contributed by atoms with Crippen molar-refractivity contribution in [3.8, 4) is 0 Å². The molecule has 0 aromatic heterocycles. The van der Waals surface area contributed by atoms with E-state index in [2.05, 4.69) is 6.08 Å². The Morgan fingerprint density at radius 2 is 2.00 bits per heavy atom. The molecule has 2 aliphatic rings. The van der Waals surface area contributed by atoms with Gasteiger partial charge in [-0.1, -0.05) is 24.3 Å². The third-order valence-electron chi connectivity index (χ3n) is 5.43. The van der Waals surface area contributed by atoms with Crippen molar-refractivity contribution in [2.75, 3.05) is 13.6 Å². The van der Waals surface area contributed by atoms with E-state index in [-0.39, 0.29) is 17.4 Å². The van der Waals surface area contributed by atoms with E-state index in [9.17, 15) is 18.8 Å². The van der Waals surface area contributed by atoms with Crippen LogP contribution in [-0.2, 0) is 4.79 Å². The number of hydrogen-bond donors (Lipinski definition) is 0. The molecule has 1 aliphatic heterocycles. The quantitative estimate of drug-likeness (QED) is 0.479. The van der Waals surface area contributed by atoms with Crippen molar-refractivity contribution in [3.63, 3.8) is 0 Å². The summed E-state index contributed by atoms with van der Waals surface area (Å²) < 4.78 is 13.8. The number of likely N-dealkylation sites (N-methyl/N-ethyl adjacent to an activating group) is 1. The molecular weight excluding hydrogens is 323 g/mol. The lowest BCUT2D eigenvalue weighted by atomic mass is 9.77. The number of imide groups is 1. The lowest BCUT2D eigenvalue weighted by Crippen LogP contribution is -2.51. The third kappa shape index (κ3) is 2.75. The Balaban J connectivity index is 1.84. The van der Waals surface area contributed by atoms with Crippen LogP contribution in [0.15, 0.2) is 36.4 Å². The molecular formula is C19H21FN2O3. The van der Waals surface area contributed by atoms with Crippen LogP contribution in [0.2, 0.25) is 0 Å². The lowest BCUT2D eigenvalue weighted by molar-refractivity contribution is -0.134. The minimum atomic E-state index is -0.975. The molecule has 1 aromatic rings. The summed E-state index contributed by atoms with van der Waals surface area (Å²) in [5.74, 6) is -1.61. The summed E-state index contributed by atoms with van der Waals surface area (Å²) >= 11 is 0. The number of halogens is 1. The SMILES string of the molecule is CN1C(=O)N(CC(=O)c2ccccc2F)C(=O)C1(C)C1CC=CCC1. The number of allylic oxidation sites excluding steroid dienone is 2. The first-order valence-corrected chi connectivity index (χ1v) is 8.40. The zero-order valence-electron chi connectivity index (χ0n) is 14.4. The Hall–Kier alpha value is -2.50. The van der Waals surface area contributed by atoms with Gasteiger partial charge in [-0.2, -0.15) is 0 Å². The Morgan fingerprint density at radius 1 is 1.28 bits per heavy atom. The van der Waals surface area contributed by atoms with Crippen molar-refractivity contribution in [2.45, 2.75) is 31.7 Å². The van der Waals surface area contributed by atoms with E-state index in [1.54, 1.807) is 20.0 Å². The van der Waals surface area contributed by atoms with Crippen LogP contribution in [0.3, 0.4) is 0 Å². The molecule has 1 heterocycles. The van der Waals surface area contributed by atoms with Crippen molar-refractivity contribution >= 4 is 17.7 Å². The molecule has 5 nitrogen and oxygen atoms in total. The first-order valence-electron chi connectivity index (χ1n) is 8.40. The standard InChI is InChI=1S/C19H21FN2O3/c1-19(13-8-4-3-5-9-13)17(24)22(18(25)21(19)2)12-16(23)14-10-6-7-11-15(14)20/h3-4,6-7,10-11,13H,5,8-9,12H2,1-2H3. The number of nitrogens with zero attached hydrogens (tertiary/aromatic N) is 2. The van der Waals surface area contributed by atoms with E-state index < -0.39 is 29.7 Å². The minimum Gasteiger partial charge on any atom is -0.313 e. The molecule has 3 amide bonds. The molecule has 2 unspecified atom stereocenters. The lowest BCUT2D eigenvalue weighted by Gasteiger charge is -2.37. The average Bonchev–Trinajstić information content (AvgIpc) is 2.79. The van der Waals surface area contributed by atoms with E-state index in [4.69, 9.17) is 0 Å². The van der Waals surface area contributed by atoms with Crippen LogP contribution in [0.5, 0.6) is 0 Å². The topological polar surface area (TPSA) is 57.7 Å². The van der Waals surface area contributed by atoms with Gasteiger partial charge in [-0.3, -0.25) is 14.5 Å². The maximum absolute atomic E-state index is 13.8. The third-order valence-corrected chi connectivity index (χ3v) is 5.43. The second-order valence-electron chi connectivity index (χ2n) is 6.76. The molecule has 1 fully saturated rings. The fourth-order valence-corrected chi connectivity index (χ4v) is 3.69. The molecule has 0 spiro atoms. The minimum absolute atomic E-state index is 0.00696. The van der Waals surface area contributed by atoms with E-state index >= 15 is 0 Å². The summed E-state index contributed by atoms with van der Waals surface area (Å²) in [6.07, 6.45) is 6.49. The second-order valence-corrected chi connectivity index (χ2v) is 6.76. The number of rotatable bonds is 4. The van der Waals surface area contributed by atoms with Crippen LogP contribution in [0, 0.1) is 11.7 Å². The number of benzene rings is 1. The van der Waals surface area contributed by atoms with Crippen molar-refractivity contribution in [1.29, 1.82) is 0 Å². The number of ketones is 1. The number of amides is 3. The zero-order valence-corrected chi connectivity index (χ0v) is 14.4. The van der Waals surface area contributed by atoms with Crippen LogP contribution in [0.4, 0.5) is 9.18 Å². The number of carbonyl (C=O) groups excluding carboxylic acids is 3. The largest absolute Gasteiger partial charge is 0.327 e. The summed E-state index contributed by atoms with van der Waals surface area (Å²) in [5.41, 5.74) is -1.09. The molecule has 0 N–H and O–H groups in total. The molecule has 3 rings (SSSR count). The summed E-state index contributed by atoms with van der Waals surface area (Å²) in [6.45, 7) is 1.31. The van der Waals surface area contributed by atoms with Crippen LogP contribution < -0.4 is 0 Å². The summed E-state index contributed by atoms with van der Waals surface area (Å²) in [5, 5.41) is 0. The van der Waals surface area contributed by atoms with Gasteiger partial charge in [-0.25, -0.2) is 9.18 Å². The van der Waals surface area contributed by atoms with Gasteiger partial charge in [-0.15, -0.1) is 0 Å². The van der Waals surface area contributed by atoms with E-state index in [1.807, 2.05) is 6.08 Å². The van der Waals surface area contributed by atoms with Crippen LogP contribution in [0.1, 0.15) is 36.5 Å². The Labute approximate surface area is 146 Å². The predicted octanol–water partition coefficient (Wildman–Crippen LogP) is 3.02. The molecule has 0 bridgehead atoms. The molecule has 1 aliphatic carbocycles. The van der Waals surface area contributed by atoms with E-state index in [1.165, 1.54) is 23.1 Å². The van der Waals surface area contributed by atoms with Crippen molar-refractivity contribution < 1.29 is 18.8 Å². The zero-order chi connectivity index (χ0) is 18.2. The van der Waals surface area contributed by atoms with Crippen molar-refractivity contribution in [3.05, 3.63) is 47.8 Å². The summed E-state index contributed by atoms with van der Waals surface area (Å²) in [4.78, 5) is 40.4. The number of urea groups is 1. The molecule has 0 radical (unpaired) electrons. The molecule has 1 aromatic carbocycles. The van der Waals surface area contributed by atoms with Gasteiger partial charge in [0.25, 0.3) is 5.91 Å². The molecule has 2 atom stereocenters. The predicted molar refractivity (Wildman–Crippen MR) is 90.5 cm³/mol. The smallest absolute Gasteiger partial charge is 0.313 e. The second kappa shape index (κ2) is 6.43. The van der Waals surface area contributed by atoms with Crippen LogP contribution in [-0.4, -0.2) is 46.7 Å². The first kappa shape index (κ1) is 17.3. The van der Waals surface area contributed by atoms with Crippen molar-refractivity contribution in [1.82, 2.24) is 9.80 Å². The number of hydrogen-bond acceptors (Lipinski definition) is 3. The van der Waals surface area contributed by atoms with Gasteiger partial charge in [0.05, 0.1) is 12.1 Å². The monoisotopic (exact) mass is 344 g/mol. The van der Waals surface area contributed by atoms with Gasteiger partial charge in [-0.05, 0) is 44.2 Å². The fraction of sp³-hybridized carbons (Fsp3) is 0.421. The summed E-state index contributed by atoms with van der Waals surface area (Å²) in [7, 11) is 1.59. The normalized spacial score (nSPS) is 26.4.